The van der Waals surface area contributed by atoms with Gasteiger partial charge in [0.25, 0.3) is 0 Å². The lowest BCUT2D eigenvalue weighted by Gasteiger charge is -2.39. The van der Waals surface area contributed by atoms with E-state index in [4.69, 9.17) is 5.73 Å². The SMILES string of the molecule is CCC1CCC(N(C)C(CN)c2ccc(C)cc2C)CC1. The van der Waals surface area contributed by atoms with Crippen LogP contribution in [0.1, 0.15) is 61.8 Å². The number of hydrogen-bond acceptors (Lipinski definition) is 2. The predicted molar refractivity (Wildman–Crippen MR) is 91.5 cm³/mol. The molecule has 1 atom stereocenters. The molecule has 0 radical (unpaired) electrons. The molecule has 1 fully saturated rings. The van der Waals surface area contributed by atoms with Crippen molar-refractivity contribution in [1.82, 2.24) is 4.90 Å². The summed E-state index contributed by atoms with van der Waals surface area (Å²) in [5, 5.41) is 0. The molecule has 118 valence electrons. The van der Waals surface area contributed by atoms with Gasteiger partial charge in [-0.15, -0.1) is 0 Å². The minimum atomic E-state index is 0.355. The minimum Gasteiger partial charge on any atom is -0.329 e. The Morgan fingerprint density at radius 1 is 1.19 bits per heavy atom. The molecule has 2 heteroatoms. The third-order valence-electron chi connectivity index (χ3n) is 5.47. The van der Waals surface area contributed by atoms with E-state index < -0.39 is 0 Å². The van der Waals surface area contributed by atoms with Crippen LogP contribution in [0, 0.1) is 19.8 Å². The number of aryl methyl sites for hydroxylation is 2. The molecule has 0 aliphatic heterocycles. The minimum absolute atomic E-state index is 0.355. The zero-order valence-electron chi connectivity index (χ0n) is 14.2. The molecule has 1 aliphatic rings. The van der Waals surface area contributed by atoms with Crippen LogP contribution in [0.5, 0.6) is 0 Å². The molecule has 0 spiro atoms. The first-order chi connectivity index (χ1) is 10.1. The van der Waals surface area contributed by atoms with Crippen LogP contribution >= 0.6 is 0 Å². The van der Waals surface area contributed by atoms with Gasteiger partial charge in [-0.3, -0.25) is 4.90 Å². The molecule has 1 aromatic rings. The highest BCUT2D eigenvalue weighted by Gasteiger charge is 2.28. The second-order valence-electron chi connectivity index (χ2n) is 6.86. The van der Waals surface area contributed by atoms with Crippen molar-refractivity contribution in [3.05, 3.63) is 34.9 Å². The zero-order chi connectivity index (χ0) is 15.4. The van der Waals surface area contributed by atoms with Crippen LogP contribution in [0.4, 0.5) is 0 Å². The Morgan fingerprint density at radius 3 is 2.38 bits per heavy atom. The van der Waals surface area contributed by atoms with Crippen molar-refractivity contribution in [2.45, 2.75) is 65.0 Å². The summed E-state index contributed by atoms with van der Waals surface area (Å²) in [5.74, 6) is 0.951. The van der Waals surface area contributed by atoms with Crippen LogP contribution in [0.15, 0.2) is 18.2 Å². The maximum atomic E-state index is 6.13. The fourth-order valence-electron chi connectivity index (χ4n) is 3.93. The van der Waals surface area contributed by atoms with Crippen molar-refractivity contribution in [3.8, 4) is 0 Å². The van der Waals surface area contributed by atoms with Crippen LogP contribution in [0.2, 0.25) is 0 Å². The third kappa shape index (κ3) is 3.87. The molecular formula is C19H32N2. The Balaban J connectivity index is 2.10. The van der Waals surface area contributed by atoms with Crippen LogP contribution in [-0.2, 0) is 0 Å². The van der Waals surface area contributed by atoms with Gasteiger partial charge in [0.05, 0.1) is 0 Å². The van der Waals surface area contributed by atoms with Crippen LogP contribution in [0.25, 0.3) is 0 Å². The average Bonchev–Trinajstić information content (AvgIpc) is 2.50. The van der Waals surface area contributed by atoms with Gasteiger partial charge in [-0.1, -0.05) is 37.1 Å². The van der Waals surface area contributed by atoms with Gasteiger partial charge in [-0.05, 0) is 63.6 Å². The Labute approximate surface area is 130 Å². The normalized spacial score (nSPS) is 24.3. The summed E-state index contributed by atoms with van der Waals surface area (Å²) in [4.78, 5) is 2.55. The highest BCUT2D eigenvalue weighted by Crippen LogP contribution is 2.33. The molecule has 2 N–H and O–H groups in total. The summed E-state index contributed by atoms with van der Waals surface area (Å²) in [6, 6.07) is 7.82. The Kier molecular flexibility index (Phi) is 5.83. The van der Waals surface area contributed by atoms with E-state index in [1.807, 2.05) is 0 Å². The van der Waals surface area contributed by atoms with Gasteiger partial charge in [0, 0.05) is 18.6 Å². The van der Waals surface area contributed by atoms with Crippen LogP contribution in [-0.4, -0.2) is 24.5 Å². The maximum absolute atomic E-state index is 6.13. The number of benzene rings is 1. The molecule has 0 aromatic heterocycles. The second kappa shape index (κ2) is 7.42. The topological polar surface area (TPSA) is 29.3 Å². The van der Waals surface area contributed by atoms with E-state index in [-0.39, 0.29) is 0 Å². The summed E-state index contributed by atoms with van der Waals surface area (Å²) in [7, 11) is 2.27. The van der Waals surface area contributed by atoms with Crippen LogP contribution < -0.4 is 5.73 Å². The van der Waals surface area contributed by atoms with Gasteiger partial charge in [0.2, 0.25) is 0 Å². The maximum Gasteiger partial charge on any atom is 0.0472 e. The number of hydrogen-bond donors (Lipinski definition) is 1. The first-order valence-corrected chi connectivity index (χ1v) is 8.56. The fourth-order valence-corrected chi connectivity index (χ4v) is 3.93. The van der Waals surface area contributed by atoms with E-state index in [2.05, 4.69) is 50.9 Å². The number of rotatable bonds is 5. The number of nitrogens with two attached hydrogens (primary N) is 1. The van der Waals surface area contributed by atoms with Gasteiger partial charge in [-0.2, -0.15) is 0 Å². The predicted octanol–water partition coefficient (Wildman–Crippen LogP) is 4.20. The molecule has 2 rings (SSSR count). The van der Waals surface area contributed by atoms with Crippen molar-refractivity contribution < 1.29 is 0 Å². The van der Waals surface area contributed by atoms with Gasteiger partial charge >= 0.3 is 0 Å². The van der Waals surface area contributed by atoms with E-state index in [1.54, 1.807) is 0 Å². The van der Waals surface area contributed by atoms with Crippen molar-refractivity contribution in [2.24, 2.45) is 11.7 Å². The average molecular weight is 288 g/mol. The lowest BCUT2D eigenvalue weighted by Crippen LogP contribution is -2.40. The Morgan fingerprint density at radius 2 is 1.86 bits per heavy atom. The zero-order valence-corrected chi connectivity index (χ0v) is 14.2. The fraction of sp³-hybridized carbons (Fsp3) is 0.684. The van der Waals surface area contributed by atoms with E-state index in [0.717, 1.165) is 5.92 Å². The molecule has 0 amide bonds. The summed E-state index contributed by atoms with van der Waals surface area (Å²) in [6.07, 6.45) is 6.77. The summed E-state index contributed by atoms with van der Waals surface area (Å²) >= 11 is 0. The monoisotopic (exact) mass is 288 g/mol. The first kappa shape index (κ1) is 16.5. The Hall–Kier alpha value is -0.860. The molecule has 1 unspecified atom stereocenters. The highest BCUT2D eigenvalue weighted by molar-refractivity contribution is 5.33. The van der Waals surface area contributed by atoms with Crippen molar-refractivity contribution in [2.75, 3.05) is 13.6 Å². The number of nitrogens with zero attached hydrogens (tertiary/aromatic N) is 1. The van der Waals surface area contributed by atoms with E-state index in [9.17, 15) is 0 Å². The molecule has 2 nitrogen and oxygen atoms in total. The molecule has 1 aromatic carbocycles. The van der Waals surface area contributed by atoms with Gasteiger partial charge in [0.1, 0.15) is 0 Å². The van der Waals surface area contributed by atoms with Gasteiger partial charge in [0.15, 0.2) is 0 Å². The molecule has 0 bridgehead atoms. The third-order valence-corrected chi connectivity index (χ3v) is 5.47. The molecular weight excluding hydrogens is 256 g/mol. The lowest BCUT2D eigenvalue weighted by molar-refractivity contribution is 0.121. The van der Waals surface area contributed by atoms with E-state index in [0.29, 0.717) is 18.6 Å². The molecule has 0 saturated heterocycles. The largest absolute Gasteiger partial charge is 0.329 e. The quantitative estimate of drug-likeness (QED) is 0.879. The number of likely N-dealkylation sites (N-methyl/N-ethyl adjacent to an activating group) is 1. The molecule has 0 heterocycles. The van der Waals surface area contributed by atoms with E-state index in [1.165, 1.54) is 48.8 Å². The smallest absolute Gasteiger partial charge is 0.0472 e. The van der Waals surface area contributed by atoms with Crippen molar-refractivity contribution >= 4 is 0 Å². The summed E-state index contributed by atoms with van der Waals surface area (Å²) in [5.41, 5.74) is 10.2. The van der Waals surface area contributed by atoms with Gasteiger partial charge < -0.3 is 5.73 Å². The molecule has 1 aliphatic carbocycles. The summed E-state index contributed by atoms with van der Waals surface area (Å²) < 4.78 is 0. The molecule has 1 saturated carbocycles. The lowest BCUT2D eigenvalue weighted by atomic mass is 9.83. The Bertz CT molecular complexity index is 447. The first-order valence-electron chi connectivity index (χ1n) is 8.56. The molecule has 21 heavy (non-hydrogen) atoms. The van der Waals surface area contributed by atoms with Gasteiger partial charge in [-0.25, -0.2) is 0 Å². The van der Waals surface area contributed by atoms with Crippen molar-refractivity contribution in [3.63, 3.8) is 0 Å². The standard InChI is InChI=1S/C19H32N2/c1-5-16-7-9-17(10-8-16)21(4)19(13-20)18-11-6-14(2)12-15(18)3/h6,11-12,16-17,19H,5,7-10,13,20H2,1-4H3. The highest BCUT2D eigenvalue weighted by atomic mass is 15.2. The van der Waals surface area contributed by atoms with Crippen LogP contribution in [0.3, 0.4) is 0 Å². The van der Waals surface area contributed by atoms with E-state index >= 15 is 0 Å². The second-order valence-corrected chi connectivity index (χ2v) is 6.86. The summed E-state index contributed by atoms with van der Waals surface area (Å²) in [6.45, 7) is 7.40. The van der Waals surface area contributed by atoms with Crippen molar-refractivity contribution in [1.29, 1.82) is 0 Å².